The van der Waals surface area contributed by atoms with Crippen LogP contribution in [0.5, 0.6) is 0 Å². The molecule has 2 aromatic rings. The van der Waals surface area contributed by atoms with Gasteiger partial charge in [-0.2, -0.15) is 0 Å². The van der Waals surface area contributed by atoms with Gasteiger partial charge in [0.25, 0.3) is 0 Å². The van der Waals surface area contributed by atoms with Gasteiger partial charge in [0.05, 0.1) is 0 Å². The van der Waals surface area contributed by atoms with Crippen molar-refractivity contribution in [1.82, 2.24) is 0 Å². The molecule has 0 amide bonds. The van der Waals surface area contributed by atoms with Crippen molar-refractivity contribution in [2.24, 2.45) is 0 Å². The van der Waals surface area contributed by atoms with Crippen LogP contribution in [-0.4, -0.2) is 0 Å². The van der Waals surface area contributed by atoms with E-state index in [0.29, 0.717) is 0 Å². The molecule has 0 aromatic heterocycles. The molecule has 0 spiro atoms. The molecule has 16 heavy (non-hydrogen) atoms. The zero-order valence-corrected chi connectivity index (χ0v) is 9.46. The summed E-state index contributed by atoms with van der Waals surface area (Å²) in [6.45, 7) is 2.35. The third-order valence-electron chi connectivity index (χ3n) is 4.14. The standard InChI is InChI=1S/C16H14/c1-10-8-12-6-7-14-13-5-3-2-4-11(13)9-15(14)16(10)12/h2-7,10H,8-9H2,1H3. The smallest absolute Gasteiger partial charge is 0.00105 e. The van der Waals surface area contributed by atoms with Crippen molar-refractivity contribution in [3.63, 3.8) is 0 Å². The Bertz CT molecular complexity index is 593. The summed E-state index contributed by atoms with van der Waals surface area (Å²) in [5.41, 5.74) is 9.29. The van der Waals surface area contributed by atoms with Gasteiger partial charge in [-0.1, -0.05) is 43.3 Å². The highest BCUT2D eigenvalue weighted by molar-refractivity contribution is 5.79. The molecule has 1 atom stereocenters. The van der Waals surface area contributed by atoms with E-state index in [1.807, 2.05) is 0 Å². The summed E-state index contributed by atoms with van der Waals surface area (Å²) in [5.74, 6) is 0.777. The highest BCUT2D eigenvalue weighted by Crippen LogP contribution is 2.46. The van der Waals surface area contributed by atoms with Gasteiger partial charge in [0, 0.05) is 0 Å². The molecular formula is C16H14. The summed E-state index contributed by atoms with van der Waals surface area (Å²) < 4.78 is 0. The van der Waals surface area contributed by atoms with E-state index in [9.17, 15) is 0 Å². The van der Waals surface area contributed by atoms with Gasteiger partial charge < -0.3 is 0 Å². The van der Waals surface area contributed by atoms with Crippen LogP contribution in [0.3, 0.4) is 0 Å². The second-order valence-electron chi connectivity index (χ2n) is 5.10. The van der Waals surface area contributed by atoms with E-state index in [1.165, 1.54) is 23.1 Å². The van der Waals surface area contributed by atoms with Crippen LogP contribution in [0.2, 0.25) is 0 Å². The van der Waals surface area contributed by atoms with Gasteiger partial charge in [-0.3, -0.25) is 0 Å². The van der Waals surface area contributed by atoms with E-state index < -0.39 is 0 Å². The van der Waals surface area contributed by atoms with E-state index in [2.05, 4.69) is 43.3 Å². The normalized spacial score (nSPS) is 19.7. The lowest BCUT2D eigenvalue weighted by molar-refractivity contribution is 0.659. The predicted octanol–water partition coefficient (Wildman–Crippen LogP) is 3.92. The fourth-order valence-electron chi connectivity index (χ4n) is 3.38. The zero-order chi connectivity index (χ0) is 10.7. The van der Waals surface area contributed by atoms with E-state index in [0.717, 1.165) is 12.3 Å². The van der Waals surface area contributed by atoms with Crippen molar-refractivity contribution in [3.8, 4) is 11.1 Å². The molecular weight excluding hydrogens is 192 g/mol. The third-order valence-corrected chi connectivity index (χ3v) is 4.14. The third kappa shape index (κ3) is 0.904. The average molecular weight is 206 g/mol. The maximum absolute atomic E-state index is 2.35. The lowest BCUT2D eigenvalue weighted by Gasteiger charge is -2.30. The Labute approximate surface area is 95.9 Å². The van der Waals surface area contributed by atoms with E-state index in [4.69, 9.17) is 0 Å². The van der Waals surface area contributed by atoms with E-state index in [-0.39, 0.29) is 0 Å². The molecule has 0 heterocycles. The van der Waals surface area contributed by atoms with Crippen molar-refractivity contribution >= 4 is 0 Å². The summed E-state index contributed by atoms with van der Waals surface area (Å²) in [6, 6.07) is 13.5. The Morgan fingerprint density at radius 1 is 0.938 bits per heavy atom. The number of hydrogen-bond donors (Lipinski definition) is 0. The predicted molar refractivity (Wildman–Crippen MR) is 66.8 cm³/mol. The molecule has 4 rings (SSSR count). The lowest BCUT2D eigenvalue weighted by Crippen LogP contribution is -2.16. The molecule has 0 saturated carbocycles. The lowest BCUT2D eigenvalue weighted by atomic mass is 9.75. The second kappa shape index (κ2) is 2.76. The molecule has 2 aliphatic rings. The fraction of sp³-hybridized carbons (Fsp3) is 0.250. The van der Waals surface area contributed by atoms with Crippen molar-refractivity contribution in [2.45, 2.75) is 25.7 Å². The molecule has 0 radical (unpaired) electrons. The quantitative estimate of drug-likeness (QED) is 0.523. The minimum absolute atomic E-state index is 0.777. The van der Waals surface area contributed by atoms with Gasteiger partial charge in [-0.05, 0) is 52.1 Å². The molecule has 0 saturated heterocycles. The highest BCUT2D eigenvalue weighted by atomic mass is 14.3. The summed E-state index contributed by atoms with van der Waals surface area (Å²) in [7, 11) is 0. The second-order valence-corrected chi connectivity index (χ2v) is 5.10. The first-order chi connectivity index (χ1) is 7.84. The molecule has 0 heteroatoms. The van der Waals surface area contributed by atoms with Crippen LogP contribution < -0.4 is 0 Å². The topological polar surface area (TPSA) is 0 Å². The van der Waals surface area contributed by atoms with Crippen LogP contribution in [0.4, 0.5) is 0 Å². The number of hydrogen-bond acceptors (Lipinski definition) is 0. The number of rotatable bonds is 0. The Hall–Kier alpha value is -1.56. The molecule has 2 aromatic carbocycles. The van der Waals surface area contributed by atoms with E-state index in [1.54, 1.807) is 16.7 Å². The number of fused-ring (bicyclic) bond motifs is 5. The van der Waals surface area contributed by atoms with Gasteiger partial charge >= 0.3 is 0 Å². The highest BCUT2D eigenvalue weighted by Gasteiger charge is 2.30. The maximum Gasteiger partial charge on any atom is -0.00105 e. The molecule has 0 fully saturated rings. The van der Waals surface area contributed by atoms with E-state index >= 15 is 0 Å². The molecule has 2 aliphatic carbocycles. The van der Waals surface area contributed by atoms with Crippen LogP contribution in [0, 0.1) is 0 Å². The summed E-state index contributed by atoms with van der Waals surface area (Å²) >= 11 is 0. The Morgan fingerprint density at radius 3 is 2.69 bits per heavy atom. The fourth-order valence-corrected chi connectivity index (χ4v) is 3.38. The monoisotopic (exact) mass is 206 g/mol. The van der Waals surface area contributed by atoms with Gasteiger partial charge in [0.1, 0.15) is 0 Å². The van der Waals surface area contributed by atoms with Crippen molar-refractivity contribution in [3.05, 3.63) is 58.7 Å². The minimum Gasteiger partial charge on any atom is -0.0619 e. The first-order valence-corrected chi connectivity index (χ1v) is 6.07. The Balaban J connectivity index is 2.02. The summed E-state index contributed by atoms with van der Waals surface area (Å²) in [5, 5.41) is 0. The van der Waals surface area contributed by atoms with Crippen molar-refractivity contribution in [1.29, 1.82) is 0 Å². The SMILES string of the molecule is CC1Cc2ccc3c(c21)Cc1ccccc1-3. The zero-order valence-electron chi connectivity index (χ0n) is 9.46. The van der Waals surface area contributed by atoms with Gasteiger partial charge in [-0.15, -0.1) is 0 Å². The molecule has 0 aliphatic heterocycles. The van der Waals surface area contributed by atoms with Crippen LogP contribution >= 0.6 is 0 Å². The Morgan fingerprint density at radius 2 is 1.81 bits per heavy atom. The average Bonchev–Trinajstić information content (AvgIpc) is 2.63. The van der Waals surface area contributed by atoms with Crippen LogP contribution in [0.1, 0.15) is 35.1 Å². The van der Waals surface area contributed by atoms with Gasteiger partial charge in [-0.25, -0.2) is 0 Å². The minimum atomic E-state index is 0.777. The van der Waals surface area contributed by atoms with Crippen molar-refractivity contribution in [2.75, 3.05) is 0 Å². The van der Waals surface area contributed by atoms with Gasteiger partial charge in [0.15, 0.2) is 0 Å². The molecule has 0 nitrogen and oxygen atoms in total. The molecule has 78 valence electrons. The van der Waals surface area contributed by atoms with Crippen molar-refractivity contribution < 1.29 is 0 Å². The largest absolute Gasteiger partial charge is 0.0619 e. The molecule has 0 bridgehead atoms. The van der Waals surface area contributed by atoms with Gasteiger partial charge in [0.2, 0.25) is 0 Å². The summed E-state index contributed by atoms with van der Waals surface area (Å²) in [4.78, 5) is 0. The van der Waals surface area contributed by atoms with Crippen LogP contribution in [-0.2, 0) is 12.8 Å². The molecule has 0 N–H and O–H groups in total. The Kier molecular flexibility index (Phi) is 1.48. The molecule has 1 unspecified atom stereocenters. The summed E-state index contributed by atoms with van der Waals surface area (Å²) in [6.07, 6.45) is 2.43. The first-order valence-electron chi connectivity index (χ1n) is 6.07. The van der Waals surface area contributed by atoms with Crippen LogP contribution in [0.15, 0.2) is 36.4 Å². The number of benzene rings is 2. The van der Waals surface area contributed by atoms with Crippen LogP contribution in [0.25, 0.3) is 11.1 Å². The first kappa shape index (κ1) is 8.58. The maximum atomic E-state index is 2.35.